The van der Waals surface area contributed by atoms with E-state index in [1.807, 2.05) is 12.4 Å². The lowest BCUT2D eigenvalue weighted by Gasteiger charge is -2.29. The third kappa shape index (κ3) is 2.86. The summed E-state index contributed by atoms with van der Waals surface area (Å²) in [4.78, 5) is 4.29. The summed E-state index contributed by atoms with van der Waals surface area (Å²) < 4.78 is 0. The Morgan fingerprint density at radius 2 is 1.88 bits per heavy atom. The average molecular weight is 232 g/mol. The van der Waals surface area contributed by atoms with E-state index in [-0.39, 0.29) is 5.54 Å². The second-order valence-corrected chi connectivity index (χ2v) is 6.42. The highest BCUT2D eigenvalue weighted by Gasteiger charge is 2.33. The number of rotatable bonds is 1. The molecule has 1 heterocycles. The Bertz CT molecular complexity index is 398. The van der Waals surface area contributed by atoms with E-state index >= 15 is 0 Å². The van der Waals surface area contributed by atoms with Gasteiger partial charge in [-0.2, -0.15) is 0 Å². The Morgan fingerprint density at radius 1 is 1.12 bits per heavy atom. The van der Waals surface area contributed by atoms with Crippen LogP contribution in [0, 0.1) is 12.3 Å². The molecule has 94 valence electrons. The zero-order valence-corrected chi connectivity index (χ0v) is 11.3. The topological polar surface area (TPSA) is 38.9 Å². The smallest absolute Gasteiger partial charge is 0.0425 e. The maximum Gasteiger partial charge on any atom is 0.0425 e. The fourth-order valence-electron chi connectivity index (χ4n) is 2.81. The SMILES string of the molecule is Cc1cncc(C2(N)CCCC(C)(C)CC2)c1. The van der Waals surface area contributed by atoms with Gasteiger partial charge in [0, 0.05) is 17.9 Å². The summed E-state index contributed by atoms with van der Waals surface area (Å²) in [6.07, 6.45) is 9.71. The Hall–Kier alpha value is -0.890. The summed E-state index contributed by atoms with van der Waals surface area (Å²) in [5, 5.41) is 0. The van der Waals surface area contributed by atoms with Gasteiger partial charge < -0.3 is 5.73 Å². The molecule has 1 aliphatic carbocycles. The first-order chi connectivity index (χ1) is 7.91. The summed E-state index contributed by atoms with van der Waals surface area (Å²) in [5.41, 5.74) is 9.34. The molecule has 1 saturated carbocycles. The van der Waals surface area contributed by atoms with Crippen LogP contribution in [0.4, 0.5) is 0 Å². The predicted octanol–water partition coefficient (Wildman–Crippen LogP) is 3.53. The Balaban J connectivity index is 2.24. The number of pyridine rings is 1. The van der Waals surface area contributed by atoms with Gasteiger partial charge in [-0.3, -0.25) is 4.98 Å². The molecule has 17 heavy (non-hydrogen) atoms. The molecule has 1 fully saturated rings. The molecule has 2 N–H and O–H groups in total. The summed E-state index contributed by atoms with van der Waals surface area (Å²) in [7, 11) is 0. The average Bonchev–Trinajstić information content (AvgIpc) is 2.39. The van der Waals surface area contributed by atoms with Gasteiger partial charge in [0.15, 0.2) is 0 Å². The molecule has 2 heteroatoms. The van der Waals surface area contributed by atoms with Crippen LogP contribution in [0.1, 0.15) is 57.1 Å². The first kappa shape index (κ1) is 12.6. The van der Waals surface area contributed by atoms with Crippen molar-refractivity contribution in [2.75, 3.05) is 0 Å². The van der Waals surface area contributed by atoms with Gasteiger partial charge in [-0.1, -0.05) is 26.3 Å². The minimum atomic E-state index is -0.160. The normalized spacial score (nSPS) is 28.7. The maximum absolute atomic E-state index is 6.63. The van der Waals surface area contributed by atoms with Crippen LogP contribution in [0.2, 0.25) is 0 Å². The summed E-state index contributed by atoms with van der Waals surface area (Å²) >= 11 is 0. The van der Waals surface area contributed by atoms with E-state index in [2.05, 4.69) is 31.8 Å². The fourth-order valence-corrected chi connectivity index (χ4v) is 2.81. The molecule has 0 aromatic carbocycles. The van der Waals surface area contributed by atoms with E-state index in [1.54, 1.807) is 0 Å². The van der Waals surface area contributed by atoms with Crippen LogP contribution in [0.25, 0.3) is 0 Å². The van der Waals surface area contributed by atoms with Gasteiger partial charge in [0.25, 0.3) is 0 Å². The van der Waals surface area contributed by atoms with Crippen LogP contribution in [0.3, 0.4) is 0 Å². The molecule has 2 rings (SSSR count). The number of hydrogen-bond donors (Lipinski definition) is 1. The Morgan fingerprint density at radius 3 is 2.59 bits per heavy atom. The highest BCUT2D eigenvalue weighted by atomic mass is 14.8. The van der Waals surface area contributed by atoms with Crippen LogP contribution in [0.15, 0.2) is 18.5 Å². The quantitative estimate of drug-likeness (QED) is 0.752. The number of aromatic nitrogens is 1. The van der Waals surface area contributed by atoms with Gasteiger partial charge in [0.2, 0.25) is 0 Å². The lowest BCUT2D eigenvalue weighted by molar-refractivity contribution is 0.299. The van der Waals surface area contributed by atoms with Crippen molar-refractivity contribution < 1.29 is 0 Å². The zero-order chi connectivity index (χ0) is 12.5. The monoisotopic (exact) mass is 232 g/mol. The van der Waals surface area contributed by atoms with Gasteiger partial charge in [0.05, 0.1) is 0 Å². The van der Waals surface area contributed by atoms with E-state index in [9.17, 15) is 0 Å². The van der Waals surface area contributed by atoms with Crippen molar-refractivity contribution in [1.29, 1.82) is 0 Å². The van der Waals surface area contributed by atoms with Crippen molar-refractivity contribution in [3.63, 3.8) is 0 Å². The van der Waals surface area contributed by atoms with Crippen LogP contribution in [-0.2, 0) is 5.54 Å². The summed E-state index contributed by atoms with van der Waals surface area (Å²) in [5.74, 6) is 0. The minimum absolute atomic E-state index is 0.160. The van der Waals surface area contributed by atoms with Gasteiger partial charge in [0.1, 0.15) is 0 Å². The first-order valence-electron chi connectivity index (χ1n) is 6.62. The van der Waals surface area contributed by atoms with Crippen molar-refractivity contribution in [2.24, 2.45) is 11.1 Å². The lowest BCUT2D eigenvalue weighted by Crippen LogP contribution is -2.36. The third-order valence-electron chi connectivity index (χ3n) is 4.17. The second-order valence-electron chi connectivity index (χ2n) is 6.42. The van der Waals surface area contributed by atoms with Gasteiger partial charge >= 0.3 is 0 Å². The highest BCUT2D eigenvalue weighted by Crippen LogP contribution is 2.41. The zero-order valence-electron chi connectivity index (χ0n) is 11.3. The number of aryl methyl sites for hydroxylation is 1. The number of nitrogens with zero attached hydrogens (tertiary/aromatic N) is 1. The molecule has 1 aliphatic rings. The molecule has 1 aromatic heterocycles. The lowest BCUT2D eigenvalue weighted by atomic mass is 9.81. The van der Waals surface area contributed by atoms with E-state index in [1.165, 1.54) is 30.4 Å². The largest absolute Gasteiger partial charge is 0.321 e. The highest BCUT2D eigenvalue weighted by molar-refractivity contribution is 5.25. The minimum Gasteiger partial charge on any atom is -0.321 e. The molecule has 1 aromatic rings. The molecule has 1 atom stereocenters. The van der Waals surface area contributed by atoms with Crippen LogP contribution < -0.4 is 5.73 Å². The molecule has 0 spiro atoms. The van der Waals surface area contributed by atoms with E-state index in [0.29, 0.717) is 5.41 Å². The van der Waals surface area contributed by atoms with Gasteiger partial charge in [-0.05, 0) is 49.1 Å². The van der Waals surface area contributed by atoms with Crippen molar-refractivity contribution in [2.45, 2.75) is 58.4 Å². The van der Waals surface area contributed by atoms with Crippen LogP contribution in [-0.4, -0.2) is 4.98 Å². The third-order valence-corrected chi connectivity index (χ3v) is 4.17. The molecular weight excluding hydrogens is 208 g/mol. The van der Waals surface area contributed by atoms with Crippen molar-refractivity contribution in [3.05, 3.63) is 29.6 Å². The van der Waals surface area contributed by atoms with Crippen LogP contribution in [0.5, 0.6) is 0 Å². The molecule has 0 radical (unpaired) electrons. The molecule has 0 amide bonds. The molecule has 2 nitrogen and oxygen atoms in total. The Labute approximate surface area is 105 Å². The van der Waals surface area contributed by atoms with Crippen molar-refractivity contribution in [1.82, 2.24) is 4.98 Å². The Kier molecular flexibility index (Phi) is 3.26. The predicted molar refractivity (Wildman–Crippen MR) is 71.7 cm³/mol. The second kappa shape index (κ2) is 4.41. The number of hydrogen-bond acceptors (Lipinski definition) is 2. The van der Waals surface area contributed by atoms with Crippen molar-refractivity contribution >= 4 is 0 Å². The molecule has 1 unspecified atom stereocenters. The van der Waals surface area contributed by atoms with E-state index in [0.717, 1.165) is 12.8 Å². The van der Waals surface area contributed by atoms with E-state index in [4.69, 9.17) is 5.73 Å². The summed E-state index contributed by atoms with van der Waals surface area (Å²) in [6.45, 7) is 6.79. The van der Waals surface area contributed by atoms with E-state index < -0.39 is 0 Å². The van der Waals surface area contributed by atoms with Crippen molar-refractivity contribution in [3.8, 4) is 0 Å². The van der Waals surface area contributed by atoms with Gasteiger partial charge in [-0.15, -0.1) is 0 Å². The van der Waals surface area contributed by atoms with Gasteiger partial charge in [-0.25, -0.2) is 0 Å². The molecule has 0 bridgehead atoms. The standard InChI is InChI=1S/C15H24N2/c1-12-9-13(11-17-10-12)15(16)6-4-5-14(2,3)7-8-15/h9-11H,4-8,16H2,1-3H3. The fraction of sp³-hybridized carbons (Fsp3) is 0.667. The summed E-state index contributed by atoms with van der Waals surface area (Å²) in [6, 6.07) is 2.20. The number of nitrogens with two attached hydrogens (primary N) is 1. The molecule has 0 saturated heterocycles. The van der Waals surface area contributed by atoms with Crippen LogP contribution >= 0.6 is 0 Å². The molecular formula is C15H24N2. The maximum atomic E-state index is 6.63. The molecule has 0 aliphatic heterocycles. The first-order valence-corrected chi connectivity index (χ1v) is 6.62.